The molecule has 0 aromatic heterocycles. The molecule has 0 aliphatic rings. The molecule has 13 heteroatoms. The predicted octanol–water partition coefficient (Wildman–Crippen LogP) is 2.30. The number of hydrogen-bond acceptors (Lipinski definition) is 12. The smallest absolute Gasteiger partial charge is 0.471 e. The van der Waals surface area contributed by atoms with Crippen LogP contribution in [0.1, 0.15) is 20.7 Å². The van der Waals surface area contributed by atoms with Crippen molar-refractivity contribution in [3.63, 3.8) is 0 Å². The van der Waals surface area contributed by atoms with Gasteiger partial charge in [-0.1, -0.05) is 24.3 Å². The van der Waals surface area contributed by atoms with Crippen LogP contribution < -0.4 is 0 Å². The third kappa shape index (κ3) is 5.48. The van der Waals surface area contributed by atoms with E-state index >= 15 is 0 Å². The van der Waals surface area contributed by atoms with E-state index in [4.69, 9.17) is 0 Å². The molecule has 3 aromatic rings. The molecule has 4 N–H and O–H groups in total. The van der Waals surface area contributed by atoms with Crippen LogP contribution >= 0.6 is 0 Å². The van der Waals surface area contributed by atoms with Gasteiger partial charge in [0.2, 0.25) is 0 Å². The Morgan fingerprint density at radius 3 is 1.94 bits per heavy atom. The van der Waals surface area contributed by atoms with Crippen molar-refractivity contribution in [3.05, 3.63) is 71.8 Å². The van der Waals surface area contributed by atoms with E-state index in [1.165, 1.54) is 30.3 Å². The highest BCUT2D eigenvalue weighted by molar-refractivity contribution is 7.81. The highest BCUT2D eigenvalue weighted by Crippen LogP contribution is 2.39. The van der Waals surface area contributed by atoms with E-state index in [2.05, 4.69) is 18.4 Å². The van der Waals surface area contributed by atoms with Crippen LogP contribution in [0.4, 0.5) is 0 Å². The zero-order valence-electron chi connectivity index (χ0n) is 16.2. The number of para-hydroxylation sites is 2. The highest BCUT2D eigenvalue weighted by atomic mass is 32.3. The van der Waals surface area contributed by atoms with Crippen molar-refractivity contribution in [1.82, 2.24) is 0 Å². The van der Waals surface area contributed by atoms with E-state index in [0.29, 0.717) is 0 Å². The van der Waals surface area contributed by atoms with Gasteiger partial charge in [0.15, 0.2) is 0 Å². The molecule has 0 bridgehead atoms. The Kier molecular flexibility index (Phi) is 6.67. The molecule has 3 rings (SSSR count). The standard InChI is InChI=1S/C20H14O12S/c21-11-8-9-17(23)15(10-11)12-5-3-6-14(18(12)24)20(26)30-32-33(27,28)31-29-19(25)13-4-1-2-7-16(13)22/h1-10,21-24H. The molecule has 0 aliphatic carbocycles. The molecule has 12 nitrogen and oxygen atoms in total. The lowest BCUT2D eigenvalue weighted by Crippen LogP contribution is -2.17. The first-order valence-corrected chi connectivity index (χ1v) is 10.1. The average molecular weight is 478 g/mol. The molecule has 33 heavy (non-hydrogen) atoms. The number of aromatic hydroxyl groups is 4. The number of carbonyl (C=O) groups is 2. The van der Waals surface area contributed by atoms with Gasteiger partial charge in [-0.2, -0.15) is 8.42 Å². The van der Waals surface area contributed by atoms with Crippen LogP contribution in [0, 0.1) is 0 Å². The molecule has 0 fully saturated rings. The summed E-state index contributed by atoms with van der Waals surface area (Å²) in [5, 5.41) is 39.4. The molecular formula is C20H14O12S. The van der Waals surface area contributed by atoms with Crippen molar-refractivity contribution in [3.8, 4) is 34.1 Å². The van der Waals surface area contributed by atoms with Crippen LogP contribution in [-0.2, 0) is 28.8 Å². The number of rotatable bonds is 7. The molecule has 0 radical (unpaired) electrons. The third-order valence-corrected chi connectivity index (χ3v) is 4.51. The number of benzene rings is 3. The molecule has 0 spiro atoms. The monoisotopic (exact) mass is 478 g/mol. The van der Waals surface area contributed by atoms with Gasteiger partial charge >= 0.3 is 22.3 Å². The molecule has 0 saturated heterocycles. The van der Waals surface area contributed by atoms with Crippen LogP contribution in [0.3, 0.4) is 0 Å². The summed E-state index contributed by atoms with van der Waals surface area (Å²) in [5.41, 5.74) is -1.11. The Bertz CT molecular complexity index is 1320. The summed E-state index contributed by atoms with van der Waals surface area (Å²) in [4.78, 5) is 32.1. The van der Waals surface area contributed by atoms with Crippen molar-refractivity contribution >= 4 is 22.3 Å². The fourth-order valence-corrected chi connectivity index (χ4v) is 2.87. The maximum atomic E-state index is 12.2. The number of phenols is 4. The van der Waals surface area contributed by atoms with E-state index in [9.17, 15) is 38.4 Å². The van der Waals surface area contributed by atoms with Crippen molar-refractivity contribution in [2.24, 2.45) is 0 Å². The average Bonchev–Trinajstić information content (AvgIpc) is 2.78. The summed E-state index contributed by atoms with van der Waals surface area (Å²) >= 11 is 0. The normalized spacial score (nSPS) is 11.0. The van der Waals surface area contributed by atoms with E-state index in [1.807, 2.05) is 0 Å². The van der Waals surface area contributed by atoms with E-state index in [0.717, 1.165) is 30.3 Å². The van der Waals surface area contributed by atoms with Crippen LogP contribution in [0.25, 0.3) is 11.1 Å². The van der Waals surface area contributed by atoms with Gasteiger partial charge in [0.1, 0.15) is 34.1 Å². The summed E-state index contributed by atoms with van der Waals surface area (Å²) in [6.07, 6.45) is 0. The molecule has 0 saturated carbocycles. The third-order valence-electron chi connectivity index (χ3n) is 4.04. The van der Waals surface area contributed by atoms with Crippen molar-refractivity contribution in [2.75, 3.05) is 0 Å². The fraction of sp³-hybridized carbons (Fsp3) is 0. The number of carbonyl (C=O) groups excluding carboxylic acids is 2. The predicted molar refractivity (Wildman–Crippen MR) is 107 cm³/mol. The first kappa shape index (κ1) is 23.3. The second-order valence-electron chi connectivity index (χ2n) is 6.21. The molecule has 3 aromatic carbocycles. The molecule has 0 aliphatic heterocycles. The molecule has 0 heterocycles. The van der Waals surface area contributed by atoms with Crippen molar-refractivity contribution in [1.29, 1.82) is 0 Å². The Labute approximate surface area is 185 Å². The maximum absolute atomic E-state index is 12.2. The lowest BCUT2D eigenvalue weighted by Gasteiger charge is -2.10. The minimum atomic E-state index is -5.21. The Balaban J connectivity index is 1.68. The lowest BCUT2D eigenvalue weighted by molar-refractivity contribution is -0.202. The van der Waals surface area contributed by atoms with Gasteiger partial charge in [0, 0.05) is 11.1 Å². The van der Waals surface area contributed by atoms with Crippen LogP contribution in [-0.4, -0.2) is 40.8 Å². The zero-order valence-corrected chi connectivity index (χ0v) is 17.1. The molecule has 0 amide bonds. The lowest BCUT2D eigenvalue weighted by atomic mass is 10.0. The quantitative estimate of drug-likeness (QED) is 0.221. The SMILES string of the molecule is O=C(OOS(=O)(=O)OOC(=O)c1cccc(-c2cc(O)ccc2O)c1O)c1ccccc1O. The largest absolute Gasteiger partial charge is 0.508 e. The van der Waals surface area contributed by atoms with E-state index in [1.54, 1.807) is 0 Å². The van der Waals surface area contributed by atoms with Crippen LogP contribution in [0.15, 0.2) is 60.7 Å². The Morgan fingerprint density at radius 1 is 0.667 bits per heavy atom. The summed E-state index contributed by atoms with van der Waals surface area (Å²) in [5.74, 6) is -4.68. The summed E-state index contributed by atoms with van der Waals surface area (Å²) in [7, 11) is -5.21. The first-order valence-electron chi connectivity index (χ1n) is 8.77. The summed E-state index contributed by atoms with van der Waals surface area (Å²) in [6.45, 7) is 0. The first-order chi connectivity index (χ1) is 15.6. The van der Waals surface area contributed by atoms with Crippen LogP contribution in [0.5, 0.6) is 23.0 Å². The molecule has 172 valence electrons. The molecular weight excluding hydrogens is 464 g/mol. The number of phenolic OH excluding ortho intramolecular Hbond substituents is 4. The van der Waals surface area contributed by atoms with E-state index in [-0.39, 0.29) is 22.6 Å². The topological polar surface area (TPSA) is 186 Å². The summed E-state index contributed by atoms with van der Waals surface area (Å²) < 4.78 is 31.0. The van der Waals surface area contributed by atoms with E-state index < -0.39 is 45.0 Å². The molecule has 0 atom stereocenters. The Morgan fingerprint density at radius 2 is 1.27 bits per heavy atom. The van der Waals surface area contributed by atoms with Gasteiger partial charge in [-0.3, -0.25) is 9.78 Å². The van der Waals surface area contributed by atoms with Gasteiger partial charge in [-0.15, -0.1) is 0 Å². The fourth-order valence-electron chi connectivity index (χ4n) is 2.56. The highest BCUT2D eigenvalue weighted by Gasteiger charge is 2.25. The van der Waals surface area contributed by atoms with Gasteiger partial charge in [0.25, 0.3) is 0 Å². The zero-order chi connectivity index (χ0) is 24.2. The summed E-state index contributed by atoms with van der Waals surface area (Å²) in [6, 6.07) is 12.1. The van der Waals surface area contributed by atoms with Gasteiger partial charge in [0.05, 0.1) is 0 Å². The number of hydrogen-bond donors (Lipinski definition) is 4. The minimum absolute atomic E-state index is 0.0323. The van der Waals surface area contributed by atoms with Gasteiger partial charge < -0.3 is 20.4 Å². The minimum Gasteiger partial charge on any atom is -0.508 e. The van der Waals surface area contributed by atoms with Crippen molar-refractivity contribution < 1.29 is 56.9 Å². The second-order valence-corrected chi connectivity index (χ2v) is 7.29. The van der Waals surface area contributed by atoms with Crippen molar-refractivity contribution in [2.45, 2.75) is 0 Å². The molecule has 0 unspecified atom stereocenters. The van der Waals surface area contributed by atoms with Crippen LogP contribution in [0.2, 0.25) is 0 Å². The second kappa shape index (κ2) is 9.44. The van der Waals surface area contributed by atoms with Gasteiger partial charge in [-0.25, -0.2) is 9.59 Å². The maximum Gasteiger partial charge on any atom is 0.471 e. The Hall–Kier alpha value is -4.33. The van der Waals surface area contributed by atoms with Gasteiger partial charge in [-0.05, 0) is 45.1 Å².